The lowest BCUT2D eigenvalue weighted by molar-refractivity contribution is 0.251. The summed E-state index contributed by atoms with van der Waals surface area (Å²) in [6.45, 7) is -1.21. The second-order valence-electron chi connectivity index (χ2n) is 5.73. The molecule has 0 atom stereocenters. The van der Waals surface area contributed by atoms with Crippen LogP contribution in [0.1, 0.15) is 11.1 Å². The van der Waals surface area contributed by atoms with Gasteiger partial charge in [-0.3, -0.25) is 0 Å². The van der Waals surface area contributed by atoms with Gasteiger partial charge in [0.25, 0.3) is 0 Å². The zero-order valence-corrected chi connectivity index (χ0v) is 15.2. The maximum atomic E-state index is 13.2. The number of phenols is 1. The van der Waals surface area contributed by atoms with Gasteiger partial charge in [-0.25, -0.2) is 4.79 Å². The first kappa shape index (κ1) is 21.6. The third kappa shape index (κ3) is 5.16. The van der Waals surface area contributed by atoms with Gasteiger partial charge in [0, 0.05) is 17.7 Å². The fraction of sp³-hybridized carbons (Fsp3) is 0.188. The molecule has 6 nitrogen and oxygen atoms in total. The number of ether oxygens (including phenoxy) is 1. The normalized spacial score (nSPS) is 14.0. The van der Waals surface area contributed by atoms with E-state index in [1.54, 1.807) is 12.1 Å². The Morgan fingerprint density at radius 3 is 2.29 bits per heavy atom. The van der Waals surface area contributed by atoms with Gasteiger partial charge in [-0.05, 0) is 18.2 Å². The first-order valence-corrected chi connectivity index (χ1v) is 9.58. The Morgan fingerprint density at radius 2 is 1.75 bits per heavy atom. The number of carbonyl (C=O) groups excluding carboxylic acids is 1. The van der Waals surface area contributed by atoms with Crippen LogP contribution in [0.3, 0.4) is 0 Å². The predicted molar refractivity (Wildman–Crippen MR) is 94.3 cm³/mol. The van der Waals surface area contributed by atoms with Gasteiger partial charge >= 0.3 is 16.3 Å². The lowest BCUT2D eigenvalue weighted by Crippen LogP contribution is -2.28. The molecule has 0 aliphatic heterocycles. The Labute approximate surface area is 156 Å². The van der Waals surface area contributed by atoms with Crippen molar-refractivity contribution in [2.24, 2.45) is 0 Å². The number of anilines is 1. The minimum absolute atomic E-state index is 0.0408. The van der Waals surface area contributed by atoms with E-state index in [1.807, 2.05) is 5.32 Å². The van der Waals surface area contributed by atoms with Crippen LogP contribution in [0.15, 0.2) is 41.3 Å². The standard InChI is InChI=1S/C16H17F5N2O4S/c1-27-15-11(9-24)6-12(28(17,18,19,20)21)7-13(15)23-16(26)22-8-10-4-2-3-5-14(10)25/h2-7,24-25H,8-9H2,1H3,(H2,22,23,26). The average molecular weight is 428 g/mol. The van der Waals surface area contributed by atoms with Crippen molar-refractivity contribution in [2.75, 3.05) is 12.4 Å². The van der Waals surface area contributed by atoms with Crippen molar-refractivity contribution in [3.63, 3.8) is 0 Å². The first-order valence-electron chi connectivity index (χ1n) is 7.62. The van der Waals surface area contributed by atoms with E-state index in [0.29, 0.717) is 5.56 Å². The minimum Gasteiger partial charge on any atom is -0.508 e. The summed E-state index contributed by atoms with van der Waals surface area (Å²) in [5, 5.41) is 23.1. The van der Waals surface area contributed by atoms with Crippen LogP contribution in [0, 0.1) is 0 Å². The Morgan fingerprint density at radius 1 is 1.11 bits per heavy atom. The van der Waals surface area contributed by atoms with E-state index in [0.717, 1.165) is 7.11 Å². The number of hydrogen-bond acceptors (Lipinski definition) is 4. The highest BCUT2D eigenvalue weighted by Crippen LogP contribution is 3.02. The highest BCUT2D eigenvalue weighted by Gasteiger charge is 2.65. The van der Waals surface area contributed by atoms with Gasteiger partial charge in [-0.1, -0.05) is 37.6 Å². The number of nitrogens with one attached hydrogen (secondary N) is 2. The molecular formula is C16H17F5N2O4S. The molecule has 2 rings (SSSR count). The molecule has 156 valence electrons. The molecule has 0 bridgehead atoms. The summed E-state index contributed by atoms with van der Waals surface area (Å²) in [5.41, 5.74) is -0.960. The quantitative estimate of drug-likeness (QED) is 0.494. The summed E-state index contributed by atoms with van der Waals surface area (Å²) in [7, 11) is -9.03. The van der Waals surface area contributed by atoms with Crippen LogP contribution in [0.2, 0.25) is 0 Å². The monoisotopic (exact) mass is 428 g/mol. The third-order valence-corrected chi connectivity index (χ3v) is 4.77. The summed E-state index contributed by atoms with van der Waals surface area (Å²) in [5.74, 6) is -0.517. The van der Waals surface area contributed by atoms with E-state index in [2.05, 4.69) is 5.32 Å². The van der Waals surface area contributed by atoms with Crippen molar-refractivity contribution >= 4 is 21.9 Å². The van der Waals surface area contributed by atoms with Crippen LogP contribution < -0.4 is 15.4 Å². The number of halogens is 5. The van der Waals surface area contributed by atoms with Crippen LogP contribution in [0.25, 0.3) is 0 Å². The van der Waals surface area contributed by atoms with Crippen molar-refractivity contribution in [3.8, 4) is 11.5 Å². The molecule has 2 aromatic rings. The summed E-state index contributed by atoms with van der Waals surface area (Å²) in [4.78, 5) is 9.73. The molecular weight excluding hydrogens is 411 g/mol. The molecule has 0 saturated heterocycles. The van der Waals surface area contributed by atoms with E-state index in [9.17, 15) is 34.4 Å². The number of carbonyl (C=O) groups is 1. The number of aromatic hydroxyl groups is 1. The Bertz CT molecular complexity index is 906. The lowest BCUT2D eigenvalue weighted by atomic mass is 10.1. The van der Waals surface area contributed by atoms with Crippen LogP contribution in [0.4, 0.5) is 29.9 Å². The van der Waals surface area contributed by atoms with Crippen molar-refractivity contribution in [2.45, 2.75) is 18.0 Å². The molecule has 0 aliphatic carbocycles. The van der Waals surface area contributed by atoms with Gasteiger partial charge in [0.2, 0.25) is 0 Å². The Hall–Kier alpha value is -2.73. The summed E-state index contributed by atoms with van der Waals surface area (Å²) in [6, 6.07) is 5.07. The van der Waals surface area contributed by atoms with E-state index in [1.165, 1.54) is 12.1 Å². The Balaban J connectivity index is 2.33. The molecule has 0 radical (unpaired) electrons. The zero-order valence-electron chi connectivity index (χ0n) is 14.4. The molecule has 0 aromatic heterocycles. The molecule has 4 N–H and O–H groups in total. The minimum atomic E-state index is -10.1. The molecule has 0 aliphatic rings. The number of methoxy groups -OCH3 is 1. The number of amides is 2. The van der Waals surface area contributed by atoms with Gasteiger partial charge in [0.1, 0.15) is 16.4 Å². The van der Waals surface area contributed by atoms with E-state index < -0.39 is 44.8 Å². The largest absolute Gasteiger partial charge is 0.508 e. The maximum Gasteiger partial charge on any atom is 0.319 e. The zero-order chi connectivity index (χ0) is 21.2. The second kappa shape index (κ2) is 6.71. The third-order valence-electron chi connectivity index (χ3n) is 3.64. The number of hydrogen-bond donors (Lipinski definition) is 4. The fourth-order valence-electron chi connectivity index (χ4n) is 2.34. The molecule has 0 spiro atoms. The molecule has 0 saturated carbocycles. The molecule has 28 heavy (non-hydrogen) atoms. The van der Waals surface area contributed by atoms with Crippen molar-refractivity contribution in [1.82, 2.24) is 5.32 Å². The number of urea groups is 1. The second-order valence-corrected chi connectivity index (χ2v) is 8.14. The summed E-state index contributed by atoms with van der Waals surface area (Å²) < 4.78 is 70.6. The molecule has 2 aromatic carbocycles. The predicted octanol–water partition coefficient (Wildman–Crippen LogP) is 4.87. The highest BCUT2D eigenvalue weighted by molar-refractivity contribution is 8.45. The molecule has 0 unspecified atom stereocenters. The highest BCUT2D eigenvalue weighted by atomic mass is 32.5. The van der Waals surface area contributed by atoms with Crippen LogP contribution in [0.5, 0.6) is 11.5 Å². The fourth-order valence-corrected chi connectivity index (χ4v) is 3.04. The van der Waals surface area contributed by atoms with E-state index >= 15 is 0 Å². The first-order chi connectivity index (χ1) is 12.7. The Kier molecular flexibility index (Phi) is 5.17. The smallest absolute Gasteiger partial charge is 0.319 e. The van der Waals surface area contributed by atoms with Crippen LogP contribution >= 0.6 is 10.2 Å². The lowest BCUT2D eigenvalue weighted by Gasteiger charge is -2.41. The summed E-state index contributed by atoms with van der Waals surface area (Å²) >= 11 is 0. The number of rotatable bonds is 6. The number of phenolic OH excluding ortho intramolecular Hbond substituents is 1. The summed E-state index contributed by atoms with van der Waals surface area (Å²) in [6.07, 6.45) is 0. The van der Waals surface area contributed by atoms with Gasteiger partial charge in [0.05, 0.1) is 19.4 Å². The van der Waals surface area contributed by atoms with E-state index in [4.69, 9.17) is 4.74 Å². The van der Waals surface area contributed by atoms with Gasteiger partial charge in [-0.2, -0.15) is 0 Å². The molecule has 0 heterocycles. The van der Waals surface area contributed by atoms with Crippen LogP contribution in [-0.2, 0) is 13.2 Å². The molecule has 2 amide bonds. The number of aliphatic hydroxyl groups excluding tert-OH is 1. The van der Waals surface area contributed by atoms with Gasteiger partial charge in [0.15, 0.2) is 0 Å². The number of benzene rings is 2. The maximum absolute atomic E-state index is 13.2. The van der Waals surface area contributed by atoms with Crippen molar-refractivity contribution in [3.05, 3.63) is 47.5 Å². The van der Waals surface area contributed by atoms with Crippen molar-refractivity contribution in [1.29, 1.82) is 0 Å². The van der Waals surface area contributed by atoms with Crippen LogP contribution in [-0.4, -0.2) is 23.4 Å². The SMILES string of the molecule is COc1c(CO)cc(S(F)(F)(F)(F)F)cc1NC(=O)NCc1ccccc1O. The van der Waals surface area contributed by atoms with Crippen molar-refractivity contribution < 1.29 is 39.2 Å². The van der Waals surface area contributed by atoms with E-state index in [-0.39, 0.29) is 24.4 Å². The topological polar surface area (TPSA) is 90.8 Å². The molecule has 0 fully saturated rings. The number of para-hydroxylation sites is 1. The average Bonchev–Trinajstić information content (AvgIpc) is 2.58. The number of aliphatic hydroxyl groups is 1. The van der Waals surface area contributed by atoms with Gasteiger partial charge < -0.3 is 25.6 Å². The molecule has 12 heteroatoms. The van der Waals surface area contributed by atoms with Gasteiger partial charge in [-0.15, -0.1) is 0 Å².